The van der Waals surface area contributed by atoms with E-state index in [0.29, 0.717) is 49.4 Å². The fraction of sp³-hybridized carbons (Fsp3) is 0.308. The number of aldehydes is 1. The van der Waals surface area contributed by atoms with Crippen molar-refractivity contribution >= 4 is 23.1 Å². The lowest BCUT2D eigenvalue weighted by Crippen LogP contribution is -2.40. The first-order chi connectivity index (χ1) is 9.29. The number of carbonyl (C=O) groups excluding carboxylic acids is 2. The number of H-pyrrole nitrogens is 1. The number of nitrogens with zero attached hydrogens (tertiary/aromatic N) is 2. The van der Waals surface area contributed by atoms with Gasteiger partial charge in [0.25, 0.3) is 5.91 Å². The molecule has 98 valence electrons. The summed E-state index contributed by atoms with van der Waals surface area (Å²) in [5, 5.41) is 7.38. The number of hydrogen-bond acceptors (Lipinski definition) is 4. The highest BCUT2D eigenvalue weighted by Crippen LogP contribution is 2.17. The van der Waals surface area contributed by atoms with Crippen LogP contribution in [0.15, 0.2) is 18.2 Å². The van der Waals surface area contributed by atoms with Crippen LogP contribution in [0.1, 0.15) is 20.8 Å². The lowest BCUT2D eigenvalue weighted by molar-refractivity contribution is 0.0303. The van der Waals surface area contributed by atoms with Gasteiger partial charge in [0.05, 0.1) is 18.7 Å². The van der Waals surface area contributed by atoms with Crippen LogP contribution in [0.2, 0.25) is 0 Å². The van der Waals surface area contributed by atoms with Gasteiger partial charge in [0.1, 0.15) is 5.69 Å². The van der Waals surface area contributed by atoms with E-state index in [1.165, 1.54) is 0 Å². The van der Waals surface area contributed by atoms with Gasteiger partial charge in [0, 0.05) is 24.0 Å². The van der Waals surface area contributed by atoms with Crippen LogP contribution in [0, 0.1) is 0 Å². The second kappa shape index (κ2) is 4.81. The minimum Gasteiger partial charge on any atom is -0.378 e. The molecular weight excluding hydrogens is 246 g/mol. The number of hydrogen-bond donors (Lipinski definition) is 1. The van der Waals surface area contributed by atoms with Gasteiger partial charge in [-0.05, 0) is 18.2 Å². The van der Waals surface area contributed by atoms with E-state index in [9.17, 15) is 9.59 Å². The van der Waals surface area contributed by atoms with Gasteiger partial charge in [-0.15, -0.1) is 0 Å². The van der Waals surface area contributed by atoms with E-state index in [1.807, 2.05) is 0 Å². The molecule has 1 aromatic carbocycles. The second-order valence-corrected chi connectivity index (χ2v) is 4.39. The Bertz CT molecular complexity index is 629. The van der Waals surface area contributed by atoms with Crippen molar-refractivity contribution in [1.82, 2.24) is 15.1 Å². The summed E-state index contributed by atoms with van der Waals surface area (Å²) in [5.41, 5.74) is 1.65. The molecule has 0 aliphatic carbocycles. The highest BCUT2D eigenvalue weighted by atomic mass is 16.5. The Hall–Kier alpha value is -2.21. The summed E-state index contributed by atoms with van der Waals surface area (Å²) >= 11 is 0. The fourth-order valence-electron chi connectivity index (χ4n) is 2.21. The van der Waals surface area contributed by atoms with Crippen LogP contribution in [0.3, 0.4) is 0 Å². The normalized spacial score (nSPS) is 15.7. The third kappa shape index (κ3) is 2.10. The van der Waals surface area contributed by atoms with E-state index in [4.69, 9.17) is 4.74 Å². The zero-order chi connectivity index (χ0) is 13.2. The van der Waals surface area contributed by atoms with Gasteiger partial charge in [0.2, 0.25) is 0 Å². The maximum absolute atomic E-state index is 12.3. The van der Waals surface area contributed by atoms with E-state index in [0.717, 1.165) is 5.39 Å². The smallest absolute Gasteiger partial charge is 0.254 e. The number of rotatable bonds is 2. The van der Waals surface area contributed by atoms with Crippen molar-refractivity contribution < 1.29 is 14.3 Å². The van der Waals surface area contributed by atoms with Gasteiger partial charge in [-0.3, -0.25) is 14.7 Å². The molecule has 1 fully saturated rings. The molecule has 2 aromatic rings. The van der Waals surface area contributed by atoms with E-state index >= 15 is 0 Å². The lowest BCUT2D eigenvalue weighted by Gasteiger charge is -2.26. The molecule has 0 atom stereocenters. The first-order valence-corrected chi connectivity index (χ1v) is 6.10. The highest BCUT2D eigenvalue weighted by Gasteiger charge is 2.19. The highest BCUT2D eigenvalue weighted by molar-refractivity contribution is 6.01. The van der Waals surface area contributed by atoms with E-state index < -0.39 is 0 Å². The van der Waals surface area contributed by atoms with E-state index in [-0.39, 0.29) is 5.91 Å². The topological polar surface area (TPSA) is 75.3 Å². The Morgan fingerprint density at radius 1 is 1.37 bits per heavy atom. The zero-order valence-electron chi connectivity index (χ0n) is 10.3. The summed E-state index contributed by atoms with van der Waals surface area (Å²) in [6.07, 6.45) is 0.697. The zero-order valence-corrected chi connectivity index (χ0v) is 10.3. The quantitative estimate of drug-likeness (QED) is 0.811. The predicted octanol–water partition coefficient (Wildman–Crippen LogP) is 0.848. The molecule has 6 nitrogen and oxygen atoms in total. The maximum Gasteiger partial charge on any atom is 0.254 e. The monoisotopic (exact) mass is 259 g/mol. The van der Waals surface area contributed by atoms with Crippen LogP contribution in [0.25, 0.3) is 10.9 Å². The van der Waals surface area contributed by atoms with Crippen LogP contribution in [-0.4, -0.2) is 53.6 Å². The molecule has 2 heterocycles. The molecule has 3 rings (SSSR count). The fourth-order valence-corrected chi connectivity index (χ4v) is 2.21. The Kier molecular flexibility index (Phi) is 3.00. The first kappa shape index (κ1) is 11.9. The molecule has 19 heavy (non-hydrogen) atoms. The van der Waals surface area contributed by atoms with Crippen molar-refractivity contribution in [3.05, 3.63) is 29.5 Å². The molecule has 1 aromatic heterocycles. The van der Waals surface area contributed by atoms with Gasteiger partial charge in [0.15, 0.2) is 6.29 Å². The number of carbonyl (C=O) groups is 2. The van der Waals surface area contributed by atoms with Crippen molar-refractivity contribution in [2.24, 2.45) is 0 Å². The summed E-state index contributed by atoms with van der Waals surface area (Å²) in [6.45, 7) is 2.37. The van der Waals surface area contributed by atoms with Crippen LogP contribution in [-0.2, 0) is 4.74 Å². The largest absolute Gasteiger partial charge is 0.378 e. The third-order valence-electron chi connectivity index (χ3n) is 3.25. The standard InChI is InChI=1S/C13H13N3O3/c17-8-12-10-2-1-9(7-11(10)14-15-12)13(18)16-3-5-19-6-4-16/h1-2,7-8H,3-6H2,(H,14,15). The number of morpholine rings is 1. The number of aromatic amines is 1. The van der Waals surface area contributed by atoms with Gasteiger partial charge in [-0.1, -0.05) is 0 Å². The summed E-state index contributed by atoms with van der Waals surface area (Å²) in [6, 6.07) is 5.20. The Balaban J connectivity index is 1.92. The number of amides is 1. The molecule has 1 aliphatic rings. The van der Waals surface area contributed by atoms with E-state index in [2.05, 4.69) is 10.2 Å². The van der Waals surface area contributed by atoms with Crippen molar-refractivity contribution in [2.45, 2.75) is 0 Å². The number of benzene rings is 1. The predicted molar refractivity (Wildman–Crippen MR) is 68.2 cm³/mol. The molecule has 1 saturated heterocycles. The van der Waals surface area contributed by atoms with Crippen molar-refractivity contribution in [3.63, 3.8) is 0 Å². The molecule has 0 spiro atoms. The molecule has 1 aliphatic heterocycles. The molecule has 0 radical (unpaired) electrons. The van der Waals surface area contributed by atoms with Gasteiger partial charge in [-0.25, -0.2) is 0 Å². The molecule has 0 saturated carbocycles. The summed E-state index contributed by atoms with van der Waals surface area (Å²) in [7, 11) is 0. The minimum absolute atomic E-state index is 0.0209. The lowest BCUT2D eigenvalue weighted by atomic mass is 10.1. The van der Waals surface area contributed by atoms with Gasteiger partial charge >= 0.3 is 0 Å². The maximum atomic E-state index is 12.3. The van der Waals surface area contributed by atoms with Gasteiger partial charge in [-0.2, -0.15) is 5.10 Å². The number of fused-ring (bicyclic) bond motifs is 1. The second-order valence-electron chi connectivity index (χ2n) is 4.39. The molecule has 0 bridgehead atoms. The molecule has 6 heteroatoms. The van der Waals surface area contributed by atoms with Crippen molar-refractivity contribution in [1.29, 1.82) is 0 Å². The summed E-state index contributed by atoms with van der Waals surface area (Å²) in [5.74, 6) is -0.0209. The third-order valence-corrected chi connectivity index (χ3v) is 3.25. The number of nitrogens with one attached hydrogen (secondary N) is 1. The molecule has 1 amide bonds. The van der Waals surface area contributed by atoms with E-state index in [1.54, 1.807) is 23.1 Å². The summed E-state index contributed by atoms with van der Waals surface area (Å²) < 4.78 is 5.22. The Morgan fingerprint density at radius 2 is 2.16 bits per heavy atom. The van der Waals surface area contributed by atoms with Crippen molar-refractivity contribution in [3.8, 4) is 0 Å². The first-order valence-electron chi connectivity index (χ1n) is 6.10. The Labute approximate surface area is 109 Å². The average Bonchev–Trinajstić information content (AvgIpc) is 2.89. The van der Waals surface area contributed by atoms with Crippen molar-refractivity contribution in [2.75, 3.05) is 26.3 Å². The molecule has 0 unspecified atom stereocenters. The number of aromatic nitrogens is 2. The Morgan fingerprint density at radius 3 is 2.89 bits per heavy atom. The molecule has 1 N–H and O–H groups in total. The van der Waals surface area contributed by atoms with Crippen LogP contribution >= 0.6 is 0 Å². The molecular formula is C13H13N3O3. The summed E-state index contributed by atoms with van der Waals surface area (Å²) in [4.78, 5) is 24.8. The SMILES string of the molecule is O=Cc1n[nH]c2cc(C(=O)N3CCOCC3)ccc12. The average molecular weight is 259 g/mol. The van der Waals surface area contributed by atoms with Crippen LogP contribution in [0.4, 0.5) is 0 Å². The van der Waals surface area contributed by atoms with Crippen LogP contribution in [0.5, 0.6) is 0 Å². The van der Waals surface area contributed by atoms with Crippen LogP contribution < -0.4 is 0 Å². The minimum atomic E-state index is -0.0209. The number of ether oxygens (including phenoxy) is 1. The van der Waals surface area contributed by atoms with Gasteiger partial charge < -0.3 is 9.64 Å².